The molecule has 4 rings (SSSR count). The number of benzene rings is 2. The molecule has 1 amide bonds. The van der Waals surface area contributed by atoms with E-state index in [2.05, 4.69) is 61.8 Å². The number of nitrogens with zero attached hydrogens (tertiary/aromatic N) is 3. The zero-order chi connectivity index (χ0) is 24.5. The van der Waals surface area contributed by atoms with Gasteiger partial charge >= 0.3 is 0 Å². The van der Waals surface area contributed by atoms with E-state index in [9.17, 15) is 4.79 Å². The Hall–Kier alpha value is -2.72. The lowest BCUT2D eigenvalue weighted by atomic mass is 10.2. The summed E-state index contributed by atoms with van der Waals surface area (Å²) >= 11 is 0. The van der Waals surface area contributed by atoms with Crippen LogP contribution in [0.15, 0.2) is 66.7 Å². The van der Waals surface area contributed by atoms with Crippen LogP contribution in [-0.4, -0.2) is 53.4 Å². The highest BCUT2D eigenvalue weighted by Crippen LogP contribution is 2.10. The summed E-state index contributed by atoms with van der Waals surface area (Å²) in [6.45, 7) is 17.8. The molecule has 4 heteroatoms. The molecule has 0 unspecified atom stereocenters. The van der Waals surface area contributed by atoms with Crippen molar-refractivity contribution < 1.29 is 4.79 Å². The Balaban J connectivity index is 0.000000225. The minimum atomic E-state index is 0.225. The number of aromatic nitrogens is 1. The van der Waals surface area contributed by atoms with Gasteiger partial charge in [0.05, 0.1) is 5.52 Å². The Morgan fingerprint density at radius 1 is 0.818 bits per heavy atom. The van der Waals surface area contributed by atoms with Crippen molar-refractivity contribution in [3.05, 3.63) is 78.0 Å². The van der Waals surface area contributed by atoms with Gasteiger partial charge in [0, 0.05) is 31.1 Å². The van der Waals surface area contributed by atoms with E-state index in [1.807, 2.05) is 54.3 Å². The highest BCUT2D eigenvalue weighted by molar-refractivity contribution is 5.78. The van der Waals surface area contributed by atoms with Crippen molar-refractivity contribution in [1.29, 1.82) is 0 Å². The molecule has 2 heterocycles. The number of hydrogen-bond acceptors (Lipinski definition) is 3. The van der Waals surface area contributed by atoms with Gasteiger partial charge in [0.1, 0.15) is 0 Å². The molecule has 0 saturated carbocycles. The predicted octanol–water partition coefficient (Wildman–Crippen LogP) is 6.52. The van der Waals surface area contributed by atoms with Crippen LogP contribution in [0, 0.1) is 13.8 Å². The molecule has 0 radical (unpaired) electrons. The summed E-state index contributed by atoms with van der Waals surface area (Å²) in [7, 11) is 0. The minimum absolute atomic E-state index is 0.225. The second-order valence-electron chi connectivity index (χ2n) is 8.13. The molecule has 1 fully saturated rings. The maximum absolute atomic E-state index is 10.6. The SMILES string of the molecule is CC(=O)N1CCCC1.CCN(CC)CC.Cc1ccc2ccccc2n1.Cc1ccccc1. The van der Waals surface area contributed by atoms with Crippen molar-refractivity contribution >= 4 is 16.8 Å². The second kappa shape index (κ2) is 16.8. The molecule has 4 nitrogen and oxygen atoms in total. The maximum atomic E-state index is 10.6. The molecule has 2 aromatic carbocycles. The number of carbonyl (C=O) groups excluding carboxylic acids is 1. The van der Waals surface area contributed by atoms with Gasteiger partial charge in [0.15, 0.2) is 0 Å². The summed E-state index contributed by atoms with van der Waals surface area (Å²) < 4.78 is 0. The fraction of sp³-hybridized carbons (Fsp3) is 0.448. The molecule has 0 N–H and O–H groups in total. The van der Waals surface area contributed by atoms with Crippen molar-refractivity contribution in [2.24, 2.45) is 0 Å². The van der Waals surface area contributed by atoms with Crippen LogP contribution in [0.1, 0.15) is 51.8 Å². The van der Waals surface area contributed by atoms with Gasteiger partial charge in [0.25, 0.3) is 0 Å². The van der Waals surface area contributed by atoms with E-state index in [1.165, 1.54) is 43.4 Å². The zero-order valence-corrected chi connectivity index (χ0v) is 21.6. The Bertz CT molecular complexity index is 895. The molecular weight excluding hydrogens is 406 g/mol. The van der Waals surface area contributed by atoms with Gasteiger partial charge in [-0.15, -0.1) is 0 Å². The molecule has 3 aromatic rings. The van der Waals surface area contributed by atoms with Crippen LogP contribution in [-0.2, 0) is 4.79 Å². The van der Waals surface area contributed by atoms with Gasteiger partial charge in [-0.3, -0.25) is 9.78 Å². The van der Waals surface area contributed by atoms with Gasteiger partial charge in [-0.1, -0.05) is 80.9 Å². The first kappa shape index (κ1) is 28.3. The monoisotopic (exact) mass is 449 g/mol. The average molecular weight is 450 g/mol. The van der Waals surface area contributed by atoms with Gasteiger partial charge < -0.3 is 9.80 Å². The van der Waals surface area contributed by atoms with Gasteiger partial charge in [-0.2, -0.15) is 0 Å². The molecule has 33 heavy (non-hydrogen) atoms. The summed E-state index contributed by atoms with van der Waals surface area (Å²) in [6, 6.07) is 22.5. The predicted molar refractivity (Wildman–Crippen MR) is 143 cm³/mol. The topological polar surface area (TPSA) is 36.4 Å². The molecule has 0 bridgehead atoms. The van der Waals surface area contributed by atoms with E-state index in [0.717, 1.165) is 24.3 Å². The number of fused-ring (bicyclic) bond motifs is 1. The minimum Gasteiger partial charge on any atom is -0.343 e. The molecule has 0 atom stereocenters. The van der Waals surface area contributed by atoms with Gasteiger partial charge in [0.2, 0.25) is 5.91 Å². The van der Waals surface area contributed by atoms with E-state index >= 15 is 0 Å². The number of hydrogen-bond donors (Lipinski definition) is 0. The van der Waals surface area contributed by atoms with E-state index in [-0.39, 0.29) is 5.91 Å². The lowest BCUT2D eigenvalue weighted by Gasteiger charge is -2.13. The lowest BCUT2D eigenvalue weighted by Crippen LogP contribution is -2.24. The number of likely N-dealkylation sites (tertiary alicyclic amines) is 1. The Morgan fingerprint density at radius 2 is 1.36 bits per heavy atom. The summed E-state index contributed by atoms with van der Waals surface area (Å²) in [5, 5.41) is 1.21. The molecule has 180 valence electrons. The van der Waals surface area contributed by atoms with Crippen molar-refractivity contribution in [1.82, 2.24) is 14.8 Å². The average Bonchev–Trinajstić information content (AvgIpc) is 3.38. The third-order valence-corrected chi connectivity index (χ3v) is 5.57. The summed E-state index contributed by atoms with van der Waals surface area (Å²) in [5.74, 6) is 0.225. The van der Waals surface area contributed by atoms with Crippen molar-refractivity contribution in [3.8, 4) is 0 Å². The number of aryl methyl sites for hydroxylation is 2. The number of carbonyl (C=O) groups is 1. The Morgan fingerprint density at radius 3 is 1.79 bits per heavy atom. The van der Waals surface area contributed by atoms with Gasteiger partial charge in [-0.25, -0.2) is 0 Å². The van der Waals surface area contributed by atoms with Crippen molar-refractivity contribution in [3.63, 3.8) is 0 Å². The van der Waals surface area contributed by atoms with Crippen LogP contribution in [0.25, 0.3) is 10.9 Å². The zero-order valence-electron chi connectivity index (χ0n) is 21.6. The Kier molecular flexibility index (Phi) is 14.5. The fourth-order valence-electron chi connectivity index (χ4n) is 3.41. The molecular formula is C29H43N3O. The second-order valence-corrected chi connectivity index (χ2v) is 8.13. The van der Waals surface area contributed by atoms with Crippen LogP contribution in [0.3, 0.4) is 0 Å². The van der Waals surface area contributed by atoms with E-state index in [4.69, 9.17) is 0 Å². The normalized spacial score (nSPS) is 12.2. The first-order chi connectivity index (χ1) is 15.9. The molecule has 0 spiro atoms. The molecule has 0 aliphatic carbocycles. The number of para-hydroxylation sites is 1. The van der Waals surface area contributed by atoms with Crippen LogP contribution >= 0.6 is 0 Å². The van der Waals surface area contributed by atoms with E-state index < -0.39 is 0 Å². The third-order valence-electron chi connectivity index (χ3n) is 5.57. The molecule has 1 aliphatic heterocycles. The van der Waals surface area contributed by atoms with Crippen LogP contribution in [0.2, 0.25) is 0 Å². The van der Waals surface area contributed by atoms with Crippen LogP contribution < -0.4 is 0 Å². The Labute approximate surface area is 201 Å². The molecule has 1 aliphatic rings. The van der Waals surface area contributed by atoms with Crippen molar-refractivity contribution in [2.45, 2.75) is 54.4 Å². The summed E-state index contributed by atoms with van der Waals surface area (Å²) in [6.07, 6.45) is 2.39. The van der Waals surface area contributed by atoms with E-state index in [0.29, 0.717) is 0 Å². The standard InChI is InChI=1S/C10H9N.C7H8.C6H11NO.C6H15N/c1-8-6-7-9-4-2-3-5-10(9)11-8;1-7-5-3-2-4-6-7;1-6(8)7-4-2-3-5-7;1-4-7(5-2)6-3/h2-7H,1H3;2-6H,1H3;2-5H2,1H3;4-6H2,1-3H3. The number of amides is 1. The highest BCUT2D eigenvalue weighted by atomic mass is 16.2. The molecule has 1 saturated heterocycles. The molecule has 1 aromatic heterocycles. The lowest BCUT2D eigenvalue weighted by molar-refractivity contribution is -0.127. The fourth-order valence-corrected chi connectivity index (χ4v) is 3.41. The maximum Gasteiger partial charge on any atom is 0.219 e. The van der Waals surface area contributed by atoms with Crippen molar-refractivity contribution in [2.75, 3.05) is 32.7 Å². The summed E-state index contributed by atoms with van der Waals surface area (Å²) in [4.78, 5) is 19.2. The largest absolute Gasteiger partial charge is 0.343 e. The third kappa shape index (κ3) is 12.2. The first-order valence-corrected chi connectivity index (χ1v) is 12.2. The summed E-state index contributed by atoms with van der Waals surface area (Å²) in [5.41, 5.74) is 3.47. The highest BCUT2D eigenvalue weighted by Gasteiger charge is 2.12. The first-order valence-electron chi connectivity index (χ1n) is 12.2. The van der Waals surface area contributed by atoms with Gasteiger partial charge in [-0.05, 0) is 58.5 Å². The van der Waals surface area contributed by atoms with Crippen LogP contribution in [0.4, 0.5) is 0 Å². The quantitative estimate of drug-likeness (QED) is 0.457. The number of rotatable bonds is 3. The van der Waals surface area contributed by atoms with Crippen LogP contribution in [0.5, 0.6) is 0 Å². The number of pyridine rings is 1. The van der Waals surface area contributed by atoms with E-state index in [1.54, 1.807) is 6.92 Å². The smallest absolute Gasteiger partial charge is 0.219 e.